The Morgan fingerprint density at radius 3 is 1.09 bits per heavy atom. The van der Waals surface area contributed by atoms with Crippen LogP contribution < -0.4 is 0 Å². The minimum absolute atomic E-state index is 0.605. The monoisotopic (exact) mass is 705 g/mol. The van der Waals surface area contributed by atoms with E-state index in [0.717, 1.165) is 83.1 Å². The molecule has 0 aliphatic heterocycles. The molecule has 0 aliphatic rings. The molecule has 258 valence electrons. The molecule has 0 saturated heterocycles. The summed E-state index contributed by atoms with van der Waals surface area (Å²) >= 11 is 0. The van der Waals surface area contributed by atoms with Crippen LogP contribution in [-0.4, -0.2) is 24.9 Å². The van der Waals surface area contributed by atoms with E-state index in [2.05, 4.69) is 131 Å². The number of benzene rings is 6. The van der Waals surface area contributed by atoms with Gasteiger partial charge in [0, 0.05) is 63.4 Å². The van der Waals surface area contributed by atoms with Crippen LogP contribution in [0.4, 0.5) is 0 Å². The zero-order valence-corrected chi connectivity index (χ0v) is 29.5. The minimum Gasteiger partial charge on any atom is -0.455 e. The summed E-state index contributed by atoms with van der Waals surface area (Å²) in [4.78, 5) is 23.4. The Bertz CT molecular complexity index is 2930. The highest BCUT2D eigenvalue weighted by atomic mass is 16.3. The third kappa shape index (κ3) is 6.11. The second kappa shape index (κ2) is 13.8. The van der Waals surface area contributed by atoms with Crippen LogP contribution in [0.5, 0.6) is 0 Å². The molecule has 0 aliphatic carbocycles. The van der Waals surface area contributed by atoms with E-state index in [1.807, 2.05) is 54.9 Å². The van der Waals surface area contributed by atoms with Crippen LogP contribution in [-0.2, 0) is 0 Å². The Morgan fingerprint density at radius 1 is 0.291 bits per heavy atom. The molecule has 0 saturated carbocycles. The lowest BCUT2D eigenvalue weighted by Gasteiger charge is -2.10. The molecule has 4 aromatic heterocycles. The van der Waals surface area contributed by atoms with E-state index in [4.69, 9.17) is 19.4 Å². The maximum absolute atomic E-state index is 6.77. The van der Waals surface area contributed by atoms with Gasteiger partial charge in [-0.3, -0.25) is 9.97 Å². The van der Waals surface area contributed by atoms with Gasteiger partial charge in [-0.25, -0.2) is 15.0 Å². The quantitative estimate of drug-likeness (QED) is 0.164. The van der Waals surface area contributed by atoms with Crippen molar-refractivity contribution in [3.8, 4) is 78.7 Å². The third-order valence-electron chi connectivity index (χ3n) is 9.97. The predicted octanol–water partition coefficient (Wildman–Crippen LogP) is 12.2. The van der Waals surface area contributed by atoms with Gasteiger partial charge < -0.3 is 4.42 Å². The van der Waals surface area contributed by atoms with E-state index >= 15 is 0 Å². The molecule has 10 rings (SSSR count). The number of hydrogen-bond acceptors (Lipinski definition) is 6. The van der Waals surface area contributed by atoms with Gasteiger partial charge in [-0.05, 0) is 45.5 Å². The molecule has 0 bridgehead atoms. The zero-order chi connectivity index (χ0) is 36.6. The summed E-state index contributed by atoms with van der Waals surface area (Å²) in [6, 6.07) is 56.0. The van der Waals surface area contributed by atoms with Gasteiger partial charge in [0.25, 0.3) is 0 Å². The van der Waals surface area contributed by atoms with Gasteiger partial charge in [-0.15, -0.1) is 0 Å². The van der Waals surface area contributed by atoms with Crippen LogP contribution in [0, 0.1) is 0 Å². The summed E-state index contributed by atoms with van der Waals surface area (Å²) in [5.41, 5.74) is 13.0. The lowest BCUT2D eigenvalue weighted by Crippen LogP contribution is -2.00. The van der Waals surface area contributed by atoms with Gasteiger partial charge in [0.05, 0.1) is 0 Å². The lowest BCUT2D eigenvalue weighted by atomic mass is 9.98. The Hall–Kier alpha value is -7.57. The molecule has 0 spiro atoms. The number of fused-ring (bicyclic) bond motifs is 3. The average Bonchev–Trinajstić information content (AvgIpc) is 3.67. The van der Waals surface area contributed by atoms with Crippen LogP contribution in [0.2, 0.25) is 0 Å². The fourth-order valence-electron chi connectivity index (χ4n) is 7.15. The van der Waals surface area contributed by atoms with E-state index in [-0.39, 0.29) is 0 Å². The number of rotatable bonds is 7. The first kappa shape index (κ1) is 32.1. The van der Waals surface area contributed by atoms with Gasteiger partial charge in [-0.2, -0.15) is 0 Å². The van der Waals surface area contributed by atoms with Crippen molar-refractivity contribution in [2.24, 2.45) is 0 Å². The van der Waals surface area contributed by atoms with Crippen LogP contribution in [0.25, 0.3) is 101 Å². The largest absolute Gasteiger partial charge is 0.455 e. The topological polar surface area (TPSA) is 77.6 Å². The molecule has 0 unspecified atom stereocenters. The molecular formula is C49H31N5O. The van der Waals surface area contributed by atoms with Gasteiger partial charge in [0.15, 0.2) is 17.5 Å². The number of furan rings is 1. The molecular weight excluding hydrogens is 675 g/mol. The summed E-state index contributed by atoms with van der Waals surface area (Å²) < 4.78 is 6.77. The first-order valence-electron chi connectivity index (χ1n) is 18.1. The first-order valence-corrected chi connectivity index (χ1v) is 18.1. The van der Waals surface area contributed by atoms with Gasteiger partial charge in [0.1, 0.15) is 11.2 Å². The zero-order valence-electron chi connectivity index (χ0n) is 29.5. The van der Waals surface area contributed by atoms with Crippen molar-refractivity contribution < 1.29 is 4.42 Å². The molecule has 6 heteroatoms. The molecule has 0 amide bonds. The molecule has 0 atom stereocenters. The van der Waals surface area contributed by atoms with Crippen molar-refractivity contribution in [3.05, 3.63) is 189 Å². The minimum atomic E-state index is 0.605. The summed E-state index contributed by atoms with van der Waals surface area (Å²) in [5.74, 6) is 1.84. The average molecular weight is 706 g/mol. The van der Waals surface area contributed by atoms with Gasteiger partial charge in [0.2, 0.25) is 0 Å². The second-order valence-electron chi connectivity index (χ2n) is 13.4. The van der Waals surface area contributed by atoms with Crippen molar-refractivity contribution in [1.82, 2.24) is 24.9 Å². The molecule has 6 aromatic carbocycles. The molecule has 0 radical (unpaired) electrons. The van der Waals surface area contributed by atoms with Crippen molar-refractivity contribution >= 4 is 21.9 Å². The SMILES string of the molecule is c1ccc(-c2nc(-c3ccc(-c4cccnc4)cc3)nc(-c3ccc(-c4cccc5c4oc4c(-c6ccc(-c7cccnc7)cc6)cccc45)cc3)n2)cc1. The maximum atomic E-state index is 6.77. The number of para-hydroxylation sites is 2. The molecule has 0 fully saturated rings. The smallest absolute Gasteiger partial charge is 0.164 e. The Kier molecular flexibility index (Phi) is 8.04. The third-order valence-corrected chi connectivity index (χ3v) is 9.97. The summed E-state index contributed by atoms with van der Waals surface area (Å²) in [5, 5.41) is 2.16. The predicted molar refractivity (Wildman–Crippen MR) is 221 cm³/mol. The molecule has 55 heavy (non-hydrogen) atoms. The molecule has 6 nitrogen and oxygen atoms in total. The fraction of sp³-hybridized carbons (Fsp3) is 0. The maximum Gasteiger partial charge on any atom is 0.164 e. The van der Waals surface area contributed by atoms with Gasteiger partial charge >= 0.3 is 0 Å². The fourth-order valence-corrected chi connectivity index (χ4v) is 7.15. The highest BCUT2D eigenvalue weighted by molar-refractivity contribution is 6.13. The number of pyridine rings is 2. The van der Waals surface area contributed by atoms with E-state index in [1.165, 1.54) is 0 Å². The Labute approximate surface area is 317 Å². The Balaban J connectivity index is 1.01. The lowest BCUT2D eigenvalue weighted by molar-refractivity contribution is 0.671. The van der Waals surface area contributed by atoms with Crippen molar-refractivity contribution in [1.29, 1.82) is 0 Å². The Morgan fingerprint density at radius 2 is 0.673 bits per heavy atom. The highest BCUT2D eigenvalue weighted by Gasteiger charge is 2.17. The van der Waals surface area contributed by atoms with Crippen LogP contribution >= 0.6 is 0 Å². The van der Waals surface area contributed by atoms with Crippen LogP contribution in [0.1, 0.15) is 0 Å². The first-order chi connectivity index (χ1) is 27.2. The van der Waals surface area contributed by atoms with E-state index in [1.54, 1.807) is 12.4 Å². The second-order valence-corrected chi connectivity index (χ2v) is 13.4. The van der Waals surface area contributed by atoms with Crippen LogP contribution in [0.3, 0.4) is 0 Å². The van der Waals surface area contributed by atoms with E-state index in [9.17, 15) is 0 Å². The number of nitrogens with zero attached hydrogens (tertiary/aromatic N) is 5. The van der Waals surface area contributed by atoms with E-state index in [0.29, 0.717) is 17.5 Å². The van der Waals surface area contributed by atoms with Crippen LogP contribution in [0.15, 0.2) is 193 Å². The molecule has 0 N–H and O–H groups in total. The highest BCUT2D eigenvalue weighted by Crippen LogP contribution is 2.40. The standard InChI is InChI=1S/C49H31N5O/c1-2-8-36(9-3-1)47-52-48(37-24-18-33(19-25-37)40-11-7-29-51-31-40)54-49(53-47)38-26-22-35(23-27-38)42-13-5-15-44-43-14-4-12-41(45(43)55-46(42)44)34-20-16-32(17-21-34)39-10-6-28-50-30-39/h1-31H. The normalized spacial score (nSPS) is 11.3. The van der Waals surface area contributed by atoms with Crippen molar-refractivity contribution in [2.45, 2.75) is 0 Å². The summed E-state index contributed by atoms with van der Waals surface area (Å²) in [6.45, 7) is 0. The van der Waals surface area contributed by atoms with Crippen molar-refractivity contribution in [2.75, 3.05) is 0 Å². The van der Waals surface area contributed by atoms with Crippen molar-refractivity contribution in [3.63, 3.8) is 0 Å². The summed E-state index contributed by atoms with van der Waals surface area (Å²) in [7, 11) is 0. The van der Waals surface area contributed by atoms with Gasteiger partial charge in [-0.1, -0.05) is 152 Å². The number of hydrogen-bond donors (Lipinski definition) is 0. The number of aromatic nitrogens is 5. The molecule has 10 aromatic rings. The van der Waals surface area contributed by atoms with E-state index < -0.39 is 0 Å². The molecule has 4 heterocycles. The summed E-state index contributed by atoms with van der Waals surface area (Å²) in [6.07, 6.45) is 7.32.